The van der Waals surface area contributed by atoms with Gasteiger partial charge in [0, 0.05) is 18.6 Å². The quantitative estimate of drug-likeness (QED) is 0.590. The van der Waals surface area contributed by atoms with E-state index in [1.807, 2.05) is 0 Å². The Labute approximate surface area is 150 Å². The Morgan fingerprint density at radius 2 is 2.16 bits per heavy atom. The Morgan fingerprint density at radius 3 is 2.72 bits per heavy atom. The number of methoxy groups -OCH3 is 2. The normalized spacial score (nSPS) is 20.1. The van der Waals surface area contributed by atoms with Gasteiger partial charge in [0.2, 0.25) is 0 Å². The average molecular weight is 365 g/mol. The monoisotopic (exact) mass is 364 g/mol. The van der Waals surface area contributed by atoms with E-state index in [-0.39, 0.29) is 10.6 Å². The first-order chi connectivity index (χ1) is 11.9. The summed E-state index contributed by atoms with van der Waals surface area (Å²) in [4.78, 5) is 20.5. The van der Waals surface area contributed by atoms with Gasteiger partial charge in [-0.25, -0.2) is 15.8 Å². The summed E-state index contributed by atoms with van der Waals surface area (Å²) in [7, 11) is 2.82. The molecule has 0 saturated carbocycles. The number of hydrogen-bond donors (Lipinski definition) is 0. The molecule has 5 nitrogen and oxygen atoms in total. The number of hydrogen-bond acceptors (Lipinski definition) is 4. The molecule has 0 radical (unpaired) electrons. The summed E-state index contributed by atoms with van der Waals surface area (Å²) >= 11 is 6.22. The van der Waals surface area contributed by atoms with E-state index in [1.54, 1.807) is 14.0 Å². The molecule has 7 heteroatoms. The van der Waals surface area contributed by atoms with E-state index in [0.717, 1.165) is 0 Å². The number of rotatable bonds is 5. The molecule has 1 aromatic rings. The zero-order chi connectivity index (χ0) is 18.6. The highest BCUT2D eigenvalue weighted by atomic mass is 35.5. The number of carbonyl (C=O) groups is 1. The van der Waals surface area contributed by atoms with Crippen LogP contribution in [-0.4, -0.2) is 38.5 Å². The number of carbonyl (C=O) groups excluding carboxylic acids is 1. The molecule has 1 aliphatic heterocycles. The second kappa shape index (κ2) is 8.24. The van der Waals surface area contributed by atoms with Gasteiger partial charge in [0.1, 0.15) is 11.7 Å². The van der Waals surface area contributed by atoms with E-state index >= 15 is 0 Å². The highest BCUT2D eigenvalue weighted by molar-refractivity contribution is 6.31. The Hall–Kier alpha value is -2.23. The Morgan fingerprint density at radius 1 is 1.44 bits per heavy atom. The molecule has 1 aliphatic rings. The zero-order valence-electron chi connectivity index (χ0n) is 14.2. The third-order valence-electron chi connectivity index (χ3n) is 4.06. The third kappa shape index (κ3) is 3.89. The lowest BCUT2D eigenvalue weighted by Crippen LogP contribution is -2.33. The fourth-order valence-electron chi connectivity index (χ4n) is 2.91. The summed E-state index contributed by atoms with van der Waals surface area (Å²) in [5.74, 6) is -1.75. The van der Waals surface area contributed by atoms with E-state index < -0.39 is 23.7 Å². The summed E-state index contributed by atoms with van der Waals surface area (Å²) in [6.07, 6.45) is 0.387. The van der Waals surface area contributed by atoms with Crippen LogP contribution in [0.2, 0.25) is 5.02 Å². The van der Waals surface area contributed by atoms with Crippen LogP contribution in [0.4, 0.5) is 4.39 Å². The average Bonchev–Trinajstić information content (AvgIpc) is 2.58. The van der Waals surface area contributed by atoms with Gasteiger partial charge in [0.15, 0.2) is 0 Å². The van der Waals surface area contributed by atoms with E-state index in [1.165, 1.54) is 25.3 Å². The van der Waals surface area contributed by atoms with Crippen molar-refractivity contribution in [2.24, 2.45) is 4.99 Å². The van der Waals surface area contributed by atoms with Crippen molar-refractivity contribution in [3.05, 3.63) is 57.3 Å². The summed E-state index contributed by atoms with van der Waals surface area (Å²) in [5.41, 5.74) is 1.82. The summed E-state index contributed by atoms with van der Waals surface area (Å²) in [5, 5.41) is 0.154. The van der Waals surface area contributed by atoms with Gasteiger partial charge in [-0.2, -0.15) is 0 Å². The van der Waals surface area contributed by atoms with E-state index in [0.29, 0.717) is 30.0 Å². The van der Waals surface area contributed by atoms with Crippen LogP contribution in [0.25, 0.3) is 4.85 Å². The molecule has 0 saturated heterocycles. The highest BCUT2D eigenvalue weighted by Crippen LogP contribution is 2.41. The van der Waals surface area contributed by atoms with E-state index in [4.69, 9.17) is 27.6 Å². The second-order valence-electron chi connectivity index (χ2n) is 5.57. The number of aliphatic imine (C=N–C) groups is 1. The zero-order valence-corrected chi connectivity index (χ0v) is 14.9. The van der Waals surface area contributed by atoms with Crippen molar-refractivity contribution in [3.63, 3.8) is 0 Å². The van der Waals surface area contributed by atoms with Gasteiger partial charge in [-0.15, -0.1) is 0 Å². The van der Waals surface area contributed by atoms with Gasteiger partial charge in [-0.05, 0) is 24.6 Å². The topological polar surface area (TPSA) is 52.2 Å². The first kappa shape index (κ1) is 19.1. The van der Waals surface area contributed by atoms with Gasteiger partial charge < -0.3 is 14.3 Å². The first-order valence-electron chi connectivity index (χ1n) is 7.61. The van der Waals surface area contributed by atoms with Crippen molar-refractivity contribution in [2.75, 3.05) is 20.8 Å². The SMILES string of the molecule is [C-]#[N+]C1C(C)=NC(CCOC)=C(C(=O)OC)C1c1ccc(F)cc1Cl. The van der Waals surface area contributed by atoms with E-state index in [9.17, 15) is 9.18 Å². The van der Waals surface area contributed by atoms with Crippen molar-refractivity contribution >= 4 is 23.3 Å². The van der Waals surface area contributed by atoms with Gasteiger partial charge in [0.05, 0.1) is 30.7 Å². The third-order valence-corrected chi connectivity index (χ3v) is 4.39. The van der Waals surface area contributed by atoms with Crippen LogP contribution >= 0.6 is 11.6 Å². The van der Waals surface area contributed by atoms with Crippen LogP contribution in [0, 0.1) is 12.4 Å². The predicted octanol–water partition coefficient (Wildman–Crippen LogP) is 3.79. The first-order valence-corrected chi connectivity index (χ1v) is 7.99. The van der Waals surface area contributed by atoms with Gasteiger partial charge >= 0.3 is 5.97 Å². The minimum Gasteiger partial charge on any atom is -0.466 e. The van der Waals surface area contributed by atoms with Crippen molar-refractivity contribution < 1.29 is 18.7 Å². The maximum Gasteiger partial charge on any atom is 0.336 e. The molecule has 2 atom stereocenters. The smallest absolute Gasteiger partial charge is 0.336 e. The molecule has 2 rings (SSSR count). The second-order valence-corrected chi connectivity index (χ2v) is 5.97. The lowest BCUT2D eigenvalue weighted by molar-refractivity contribution is -0.136. The number of halogens is 2. The highest BCUT2D eigenvalue weighted by Gasteiger charge is 2.43. The van der Waals surface area contributed by atoms with E-state index in [2.05, 4.69) is 9.84 Å². The number of ether oxygens (including phenoxy) is 2. The molecule has 2 unspecified atom stereocenters. The van der Waals surface area contributed by atoms with Crippen LogP contribution in [0.1, 0.15) is 24.8 Å². The minimum atomic E-state index is -0.719. The molecule has 1 heterocycles. The van der Waals surface area contributed by atoms with Crippen molar-refractivity contribution in [1.82, 2.24) is 0 Å². The summed E-state index contributed by atoms with van der Waals surface area (Å²) in [6.45, 7) is 9.63. The van der Waals surface area contributed by atoms with Crippen LogP contribution in [0.5, 0.6) is 0 Å². The maximum absolute atomic E-state index is 13.4. The molecule has 0 fully saturated rings. The molecule has 0 aliphatic carbocycles. The Kier molecular flexibility index (Phi) is 6.29. The van der Waals surface area contributed by atoms with Crippen LogP contribution in [0.3, 0.4) is 0 Å². The maximum atomic E-state index is 13.4. The number of benzene rings is 1. The van der Waals surface area contributed by atoms with Crippen LogP contribution in [0.15, 0.2) is 34.5 Å². The number of esters is 1. The van der Waals surface area contributed by atoms with Crippen molar-refractivity contribution in [2.45, 2.75) is 25.3 Å². The van der Waals surface area contributed by atoms with Gasteiger partial charge in [0.25, 0.3) is 6.04 Å². The largest absolute Gasteiger partial charge is 0.466 e. The molecular weight excluding hydrogens is 347 g/mol. The summed E-state index contributed by atoms with van der Waals surface area (Å²) in [6, 6.07) is 3.20. The predicted molar refractivity (Wildman–Crippen MR) is 93.2 cm³/mol. The van der Waals surface area contributed by atoms with Crippen LogP contribution in [-0.2, 0) is 14.3 Å². The molecule has 1 aromatic carbocycles. The lowest BCUT2D eigenvalue weighted by atomic mass is 9.79. The summed E-state index contributed by atoms with van der Waals surface area (Å²) < 4.78 is 23.4. The van der Waals surface area contributed by atoms with Crippen LogP contribution < -0.4 is 0 Å². The Bertz CT molecular complexity index is 783. The van der Waals surface area contributed by atoms with Crippen molar-refractivity contribution in [1.29, 1.82) is 0 Å². The number of nitrogens with zero attached hydrogens (tertiary/aromatic N) is 2. The standard InChI is InChI=1S/C18H18ClFN2O3/c1-10-17(21-2)15(12-6-5-11(20)9-13(12)19)16(18(23)25-4)14(22-10)7-8-24-3/h5-6,9,15,17H,7-8H2,1,3-4H3. The minimum absolute atomic E-state index is 0.154. The molecule has 25 heavy (non-hydrogen) atoms. The molecule has 132 valence electrons. The molecule has 0 spiro atoms. The van der Waals surface area contributed by atoms with Gasteiger partial charge in [-0.1, -0.05) is 17.7 Å². The molecule has 0 bridgehead atoms. The fraction of sp³-hybridized carbons (Fsp3) is 0.389. The molecule has 0 N–H and O–H groups in total. The van der Waals surface area contributed by atoms with Crippen molar-refractivity contribution in [3.8, 4) is 0 Å². The lowest BCUT2D eigenvalue weighted by Gasteiger charge is -2.27. The Balaban J connectivity index is 2.69. The molecular formula is C18H18ClFN2O3. The van der Waals surface area contributed by atoms with Gasteiger partial charge in [-0.3, -0.25) is 4.99 Å². The molecule has 0 aromatic heterocycles. The fourth-order valence-corrected chi connectivity index (χ4v) is 3.19. The molecule has 0 amide bonds.